The molecule has 3 aromatic rings. The van der Waals surface area contributed by atoms with Crippen molar-refractivity contribution in [2.45, 2.75) is 58.2 Å². The number of halogens is 3. The molecular weight excluding hydrogens is 421 g/mol. The Bertz CT molecular complexity index is 1160. The van der Waals surface area contributed by atoms with E-state index >= 15 is 0 Å². The predicted octanol–water partition coefficient (Wildman–Crippen LogP) is 8.07. The van der Waals surface area contributed by atoms with Crippen molar-refractivity contribution in [3.63, 3.8) is 0 Å². The van der Waals surface area contributed by atoms with E-state index in [2.05, 4.69) is 53.8 Å². The van der Waals surface area contributed by atoms with Gasteiger partial charge >= 0.3 is 6.36 Å². The van der Waals surface area contributed by atoms with Gasteiger partial charge in [-0.2, -0.15) is 0 Å². The van der Waals surface area contributed by atoms with Gasteiger partial charge in [0, 0.05) is 11.1 Å². The summed E-state index contributed by atoms with van der Waals surface area (Å²) in [5, 5.41) is 0. The fourth-order valence-corrected chi connectivity index (χ4v) is 4.31. The first-order valence-corrected chi connectivity index (χ1v) is 11.5. The monoisotopic (exact) mass is 448 g/mol. The first-order chi connectivity index (χ1) is 15.9. The summed E-state index contributed by atoms with van der Waals surface area (Å²) in [6.45, 7) is 2.24. The van der Waals surface area contributed by atoms with Gasteiger partial charge in [0.2, 0.25) is 0 Å². The molecule has 0 aliphatic heterocycles. The summed E-state index contributed by atoms with van der Waals surface area (Å²) in [6, 6.07) is 18.7. The van der Waals surface area contributed by atoms with Crippen LogP contribution >= 0.6 is 0 Å². The van der Waals surface area contributed by atoms with E-state index in [0.29, 0.717) is 5.56 Å². The summed E-state index contributed by atoms with van der Waals surface area (Å²) in [5.41, 5.74) is 8.16. The van der Waals surface area contributed by atoms with Crippen LogP contribution in [0.4, 0.5) is 13.2 Å². The molecule has 0 fully saturated rings. The van der Waals surface area contributed by atoms with Gasteiger partial charge in [0.1, 0.15) is 5.75 Å². The third-order valence-electron chi connectivity index (χ3n) is 5.95. The fraction of sp³-hybridized carbons (Fsp3) is 0.310. The van der Waals surface area contributed by atoms with Gasteiger partial charge in [-0.1, -0.05) is 68.7 Å². The minimum atomic E-state index is -4.69. The molecule has 0 amide bonds. The van der Waals surface area contributed by atoms with Crippen molar-refractivity contribution in [3.05, 3.63) is 88.5 Å². The third-order valence-corrected chi connectivity index (χ3v) is 5.95. The second kappa shape index (κ2) is 10.2. The zero-order chi connectivity index (χ0) is 23.3. The second-order valence-electron chi connectivity index (χ2n) is 8.53. The zero-order valence-corrected chi connectivity index (χ0v) is 18.8. The van der Waals surface area contributed by atoms with Gasteiger partial charge in [-0.15, -0.1) is 13.2 Å². The quantitative estimate of drug-likeness (QED) is 0.205. The van der Waals surface area contributed by atoms with Crippen molar-refractivity contribution >= 4 is 0 Å². The Balaban J connectivity index is 1.41. The van der Waals surface area contributed by atoms with E-state index in [-0.39, 0.29) is 5.75 Å². The maximum Gasteiger partial charge on any atom is 0.573 e. The van der Waals surface area contributed by atoms with Crippen LogP contribution in [0.1, 0.15) is 66.8 Å². The zero-order valence-electron chi connectivity index (χ0n) is 18.8. The van der Waals surface area contributed by atoms with Crippen LogP contribution in [0.3, 0.4) is 0 Å². The van der Waals surface area contributed by atoms with Crippen LogP contribution in [-0.2, 0) is 12.8 Å². The van der Waals surface area contributed by atoms with E-state index in [1.807, 2.05) is 6.07 Å². The van der Waals surface area contributed by atoms with Crippen LogP contribution in [-0.4, -0.2) is 6.36 Å². The number of alkyl halides is 3. The Hall–Kier alpha value is -3.19. The largest absolute Gasteiger partial charge is 0.573 e. The average Bonchev–Trinajstić information content (AvgIpc) is 3.14. The number of hydrogen-bond acceptors (Lipinski definition) is 1. The van der Waals surface area contributed by atoms with Gasteiger partial charge < -0.3 is 4.74 Å². The van der Waals surface area contributed by atoms with E-state index in [9.17, 15) is 13.2 Å². The summed E-state index contributed by atoms with van der Waals surface area (Å²) in [6.07, 6.45) is 3.81. The van der Waals surface area contributed by atoms with Gasteiger partial charge in [-0.3, -0.25) is 0 Å². The Morgan fingerprint density at radius 2 is 1.39 bits per heavy atom. The van der Waals surface area contributed by atoms with Crippen molar-refractivity contribution in [1.82, 2.24) is 0 Å². The molecular formula is C29H27F3O. The minimum Gasteiger partial charge on any atom is -0.406 e. The first kappa shape index (κ1) is 23.0. The molecule has 1 nitrogen and oxygen atoms in total. The molecule has 4 heteroatoms. The lowest BCUT2D eigenvalue weighted by atomic mass is 9.99. The molecule has 0 saturated heterocycles. The number of benzene rings is 3. The summed E-state index contributed by atoms with van der Waals surface area (Å²) in [5.74, 6) is 5.90. The highest BCUT2D eigenvalue weighted by atomic mass is 19.4. The number of hydrogen-bond donors (Lipinski definition) is 0. The predicted molar refractivity (Wildman–Crippen MR) is 126 cm³/mol. The average molecular weight is 449 g/mol. The van der Waals surface area contributed by atoms with Crippen molar-refractivity contribution < 1.29 is 17.9 Å². The lowest BCUT2D eigenvalue weighted by molar-refractivity contribution is -0.274. The molecule has 1 aliphatic rings. The molecule has 0 bridgehead atoms. The van der Waals surface area contributed by atoms with Crippen molar-refractivity contribution in [2.75, 3.05) is 0 Å². The molecule has 0 spiro atoms. The standard InChI is InChI=1S/C29H27F3O/c1-2-3-4-5-6-7-22-12-16-27-24(18-22)20-25-19-23(13-17-28(25)27)9-8-21-10-14-26(15-11-21)33-29(30,31)32/h10-19H,2-7,20H2,1H3. The Kier molecular flexibility index (Phi) is 7.08. The molecule has 3 aromatic carbocycles. The van der Waals surface area contributed by atoms with Gasteiger partial charge in [0.05, 0.1) is 0 Å². The normalized spacial score (nSPS) is 12.0. The van der Waals surface area contributed by atoms with E-state index < -0.39 is 6.36 Å². The molecule has 0 N–H and O–H groups in total. The lowest BCUT2D eigenvalue weighted by Crippen LogP contribution is -2.16. The molecule has 0 heterocycles. The van der Waals surface area contributed by atoms with Gasteiger partial charge in [-0.25, -0.2) is 0 Å². The molecule has 0 unspecified atom stereocenters. The van der Waals surface area contributed by atoms with Crippen molar-refractivity contribution in [1.29, 1.82) is 0 Å². The van der Waals surface area contributed by atoms with Crippen LogP contribution in [0.25, 0.3) is 11.1 Å². The van der Waals surface area contributed by atoms with Crippen LogP contribution in [0.5, 0.6) is 5.75 Å². The number of rotatable bonds is 7. The van der Waals surface area contributed by atoms with Crippen LogP contribution in [0.2, 0.25) is 0 Å². The highest BCUT2D eigenvalue weighted by Crippen LogP contribution is 2.37. The molecule has 0 saturated carbocycles. The summed E-state index contributed by atoms with van der Waals surface area (Å²) in [4.78, 5) is 0. The molecule has 33 heavy (non-hydrogen) atoms. The molecule has 1 aliphatic carbocycles. The highest BCUT2D eigenvalue weighted by molar-refractivity contribution is 5.77. The smallest absolute Gasteiger partial charge is 0.406 e. The maximum absolute atomic E-state index is 12.3. The first-order valence-electron chi connectivity index (χ1n) is 11.5. The maximum atomic E-state index is 12.3. The van der Waals surface area contributed by atoms with Crippen molar-refractivity contribution in [2.24, 2.45) is 0 Å². The number of aryl methyl sites for hydroxylation is 1. The molecule has 0 atom stereocenters. The van der Waals surface area contributed by atoms with Crippen LogP contribution in [0.15, 0.2) is 60.7 Å². The Morgan fingerprint density at radius 1 is 0.758 bits per heavy atom. The van der Waals surface area contributed by atoms with E-state index in [0.717, 1.165) is 18.4 Å². The number of ether oxygens (including phenoxy) is 1. The SMILES string of the molecule is CCCCCCCc1ccc2c(c1)Cc1cc(C#Cc3ccc(OC(F)(F)F)cc3)ccc1-2. The van der Waals surface area contributed by atoms with Crippen LogP contribution < -0.4 is 4.74 Å². The fourth-order valence-electron chi connectivity index (χ4n) is 4.31. The van der Waals surface area contributed by atoms with E-state index in [1.54, 1.807) is 0 Å². The van der Waals surface area contributed by atoms with Gasteiger partial charge in [-0.05, 0) is 83.5 Å². The number of unbranched alkanes of at least 4 members (excludes halogenated alkanes) is 4. The summed E-state index contributed by atoms with van der Waals surface area (Å²) in [7, 11) is 0. The van der Waals surface area contributed by atoms with Crippen molar-refractivity contribution in [3.8, 4) is 28.7 Å². The van der Waals surface area contributed by atoms with E-state index in [1.165, 1.54) is 84.2 Å². The lowest BCUT2D eigenvalue weighted by Gasteiger charge is -2.08. The summed E-state index contributed by atoms with van der Waals surface area (Å²) >= 11 is 0. The topological polar surface area (TPSA) is 9.23 Å². The Morgan fingerprint density at radius 3 is 2.12 bits per heavy atom. The molecule has 0 aromatic heterocycles. The second-order valence-corrected chi connectivity index (χ2v) is 8.53. The Labute approximate surface area is 193 Å². The molecule has 4 rings (SSSR count). The minimum absolute atomic E-state index is 0.247. The highest BCUT2D eigenvalue weighted by Gasteiger charge is 2.30. The molecule has 0 radical (unpaired) electrons. The van der Waals surface area contributed by atoms with Gasteiger partial charge in [0.15, 0.2) is 0 Å². The van der Waals surface area contributed by atoms with Crippen LogP contribution in [0, 0.1) is 11.8 Å². The molecule has 170 valence electrons. The summed E-state index contributed by atoms with van der Waals surface area (Å²) < 4.78 is 40.8. The van der Waals surface area contributed by atoms with Gasteiger partial charge in [0.25, 0.3) is 0 Å². The number of fused-ring (bicyclic) bond motifs is 3. The third kappa shape index (κ3) is 6.20. The van der Waals surface area contributed by atoms with E-state index in [4.69, 9.17) is 0 Å².